The Kier molecular flexibility index (Phi) is 7.91. The van der Waals surface area contributed by atoms with Crippen molar-refractivity contribution in [1.82, 2.24) is 10.2 Å². The summed E-state index contributed by atoms with van der Waals surface area (Å²) in [6.45, 7) is 3.14. The third-order valence-electron chi connectivity index (χ3n) is 4.44. The number of aromatic nitrogens is 2. The van der Waals surface area contributed by atoms with E-state index in [1.165, 1.54) is 19.3 Å². The molecule has 0 spiro atoms. The molecule has 3 rings (SSSR count). The molecular weight excluding hydrogens is 352 g/mol. The van der Waals surface area contributed by atoms with Gasteiger partial charge in [0, 0.05) is 13.3 Å². The van der Waals surface area contributed by atoms with Crippen molar-refractivity contribution in [2.45, 2.75) is 52.1 Å². The Morgan fingerprint density at radius 2 is 1.43 bits per heavy atom. The van der Waals surface area contributed by atoms with Gasteiger partial charge in [-0.05, 0) is 42.7 Å². The molecular formula is C23H28N2O3. The van der Waals surface area contributed by atoms with E-state index in [0.717, 1.165) is 48.8 Å². The summed E-state index contributed by atoms with van der Waals surface area (Å²) in [5.41, 5.74) is 1.16. The Bertz CT molecular complexity index is 800. The van der Waals surface area contributed by atoms with E-state index in [1.807, 2.05) is 49.4 Å². The second-order valence-electron chi connectivity index (χ2n) is 6.83. The highest BCUT2D eigenvalue weighted by Crippen LogP contribution is 2.19. The van der Waals surface area contributed by atoms with Gasteiger partial charge in [0.2, 0.25) is 11.8 Å². The lowest BCUT2D eigenvalue weighted by Gasteiger charge is -2.09. The second kappa shape index (κ2) is 11.1. The van der Waals surface area contributed by atoms with Gasteiger partial charge < -0.3 is 13.9 Å². The van der Waals surface area contributed by atoms with Crippen molar-refractivity contribution in [3.63, 3.8) is 0 Å². The van der Waals surface area contributed by atoms with Gasteiger partial charge in [-0.15, -0.1) is 10.2 Å². The van der Waals surface area contributed by atoms with Crippen molar-refractivity contribution in [3.05, 3.63) is 71.9 Å². The van der Waals surface area contributed by atoms with Gasteiger partial charge in [-0.2, -0.15) is 0 Å². The van der Waals surface area contributed by atoms with Gasteiger partial charge in [-0.1, -0.05) is 49.6 Å². The molecule has 0 atom stereocenters. The second-order valence-corrected chi connectivity index (χ2v) is 6.83. The number of benzene rings is 2. The third kappa shape index (κ3) is 7.06. The summed E-state index contributed by atoms with van der Waals surface area (Å²) in [4.78, 5) is 0. The Labute approximate surface area is 166 Å². The van der Waals surface area contributed by atoms with E-state index >= 15 is 0 Å². The molecule has 0 aliphatic rings. The highest BCUT2D eigenvalue weighted by molar-refractivity contribution is 5.31. The summed E-state index contributed by atoms with van der Waals surface area (Å²) < 4.78 is 17.0. The molecule has 0 radical (unpaired) electrons. The zero-order chi connectivity index (χ0) is 19.4. The number of rotatable bonds is 12. The zero-order valence-corrected chi connectivity index (χ0v) is 16.5. The molecule has 0 amide bonds. The topological polar surface area (TPSA) is 57.4 Å². The van der Waals surface area contributed by atoms with Gasteiger partial charge in [-0.25, -0.2) is 0 Å². The van der Waals surface area contributed by atoms with Crippen LogP contribution in [0, 0.1) is 6.92 Å². The summed E-state index contributed by atoms with van der Waals surface area (Å²) in [5, 5.41) is 7.86. The molecule has 0 bridgehead atoms. The van der Waals surface area contributed by atoms with Crippen LogP contribution in [0.5, 0.6) is 11.5 Å². The highest BCUT2D eigenvalue weighted by atomic mass is 16.5. The summed E-state index contributed by atoms with van der Waals surface area (Å²) in [7, 11) is 0. The number of ether oxygens (including phenoxy) is 2. The van der Waals surface area contributed by atoms with E-state index in [1.54, 1.807) is 0 Å². The van der Waals surface area contributed by atoms with Crippen LogP contribution in [0.25, 0.3) is 0 Å². The van der Waals surface area contributed by atoms with Crippen molar-refractivity contribution < 1.29 is 13.9 Å². The van der Waals surface area contributed by atoms with Gasteiger partial charge in [-0.3, -0.25) is 0 Å². The Hall–Kier alpha value is -2.82. The van der Waals surface area contributed by atoms with Crippen LogP contribution in [0.3, 0.4) is 0 Å². The van der Waals surface area contributed by atoms with E-state index < -0.39 is 0 Å². The van der Waals surface area contributed by atoms with Crippen LogP contribution in [0.1, 0.15) is 49.4 Å². The smallest absolute Gasteiger partial charge is 0.216 e. The molecule has 148 valence electrons. The maximum atomic E-state index is 5.81. The average molecular weight is 380 g/mol. The van der Waals surface area contributed by atoms with Gasteiger partial charge in [0.1, 0.15) is 18.1 Å². The first-order valence-electron chi connectivity index (χ1n) is 9.98. The lowest BCUT2D eigenvalue weighted by Crippen LogP contribution is -1.98. The Morgan fingerprint density at radius 3 is 2.14 bits per heavy atom. The van der Waals surface area contributed by atoms with Gasteiger partial charge in [0.25, 0.3) is 0 Å². The van der Waals surface area contributed by atoms with Crippen LogP contribution in [-0.4, -0.2) is 16.8 Å². The van der Waals surface area contributed by atoms with E-state index in [2.05, 4.69) is 22.3 Å². The standard InChI is InChI=1S/C23H28N2O3/c1-19-24-25-23(28-19)12-8-3-2-4-9-17-26-21-13-15-22(16-14-21)27-18-20-10-6-5-7-11-20/h5-7,10-11,13-16H,2-4,8-9,12,17-18H2,1H3. The SMILES string of the molecule is Cc1nnc(CCCCCCCOc2ccc(OCc3ccccc3)cc2)o1. The molecule has 0 saturated heterocycles. The van der Waals surface area contributed by atoms with Crippen LogP contribution in [-0.2, 0) is 13.0 Å². The van der Waals surface area contributed by atoms with Gasteiger partial charge in [0.15, 0.2) is 0 Å². The Morgan fingerprint density at radius 1 is 0.750 bits per heavy atom. The van der Waals surface area contributed by atoms with Crippen molar-refractivity contribution in [2.24, 2.45) is 0 Å². The molecule has 3 aromatic rings. The predicted molar refractivity (Wildman–Crippen MR) is 109 cm³/mol. The van der Waals surface area contributed by atoms with E-state index in [9.17, 15) is 0 Å². The average Bonchev–Trinajstić information content (AvgIpc) is 3.15. The van der Waals surface area contributed by atoms with E-state index in [-0.39, 0.29) is 0 Å². The minimum Gasteiger partial charge on any atom is -0.494 e. The lowest BCUT2D eigenvalue weighted by molar-refractivity contribution is 0.296. The number of hydrogen-bond donors (Lipinski definition) is 0. The summed E-state index contributed by atoms with van der Waals surface area (Å²) in [5.74, 6) is 3.13. The molecule has 0 fully saturated rings. The quantitative estimate of drug-likeness (QED) is 0.387. The summed E-state index contributed by atoms with van der Waals surface area (Å²) in [6.07, 6.45) is 6.56. The monoisotopic (exact) mass is 380 g/mol. The predicted octanol–water partition coefficient (Wildman–Crippen LogP) is 5.53. The molecule has 2 aromatic carbocycles. The number of hydrogen-bond acceptors (Lipinski definition) is 5. The minimum atomic E-state index is 0.577. The summed E-state index contributed by atoms with van der Waals surface area (Å²) in [6, 6.07) is 18.0. The molecule has 5 heteroatoms. The normalized spacial score (nSPS) is 10.8. The van der Waals surface area contributed by atoms with Gasteiger partial charge in [0.05, 0.1) is 6.61 Å². The van der Waals surface area contributed by atoms with Crippen LogP contribution in [0.4, 0.5) is 0 Å². The zero-order valence-electron chi connectivity index (χ0n) is 16.5. The number of aryl methyl sites for hydroxylation is 2. The Balaban J connectivity index is 1.23. The van der Waals surface area contributed by atoms with Crippen molar-refractivity contribution in [3.8, 4) is 11.5 Å². The fourth-order valence-corrected chi connectivity index (χ4v) is 2.91. The van der Waals surface area contributed by atoms with Crippen molar-refractivity contribution >= 4 is 0 Å². The molecule has 0 unspecified atom stereocenters. The maximum absolute atomic E-state index is 5.81. The van der Waals surface area contributed by atoms with Crippen LogP contribution in [0.15, 0.2) is 59.0 Å². The highest BCUT2D eigenvalue weighted by Gasteiger charge is 2.02. The van der Waals surface area contributed by atoms with Crippen molar-refractivity contribution in [1.29, 1.82) is 0 Å². The maximum Gasteiger partial charge on any atom is 0.216 e. The minimum absolute atomic E-state index is 0.577. The van der Waals surface area contributed by atoms with Crippen LogP contribution >= 0.6 is 0 Å². The third-order valence-corrected chi connectivity index (χ3v) is 4.44. The molecule has 5 nitrogen and oxygen atoms in total. The van der Waals surface area contributed by atoms with Gasteiger partial charge >= 0.3 is 0 Å². The number of nitrogens with zero attached hydrogens (tertiary/aromatic N) is 2. The molecule has 1 heterocycles. The van der Waals surface area contributed by atoms with Crippen LogP contribution in [0.2, 0.25) is 0 Å². The van der Waals surface area contributed by atoms with E-state index in [4.69, 9.17) is 13.9 Å². The first-order valence-corrected chi connectivity index (χ1v) is 9.98. The molecule has 0 N–H and O–H groups in total. The molecule has 28 heavy (non-hydrogen) atoms. The lowest BCUT2D eigenvalue weighted by atomic mass is 10.1. The van der Waals surface area contributed by atoms with Crippen LogP contribution < -0.4 is 9.47 Å². The fraction of sp³-hybridized carbons (Fsp3) is 0.391. The molecule has 1 aromatic heterocycles. The summed E-state index contributed by atoms with van der Waals surface area (Å²) >= 11 is 0. The molecule has 0 aliphatic carbocycles. The molecule has 0 aliphatic heterocycles. The van der Waals surface area contributed by atoms with E-state index in [0.29, 0.717) is 12.5 Å². The first kappa shape index (κ1) is 19.9. The number of unbranched alkanes of at least 4 members (excludes halogenated alkanes) is 4. The largest absolute Gasteiger partial charge is 0.494 e. The first-order chi connectivity index (χ1) is 13.8. The van der Waals surface area contributed by atoms with Crippen molar-refractivity contribution in [2.75, 3.05) is 6.61 Å². The molecule has 0 saturated carbocycles. The fourth-order valence-electron chi connectivity index (χ4n) is 2.91.